The molecule has 0 fully saturated rings. The van der Waals surface area contributed by atoms with Crippen molar-refractivity contribution in [1.29, 1.82) is 0 Å². The highest BCUT2D eigenvalue weighted by molar-refractivity contribution is 7.92. The Morgan fingerprint density at radius 2 is 1.78 bits per heavy atom. The third-order valence-electron chi connectivity index (χ3n) is 2.72. The highest BCUT2D eigenvalue weighted by Gasteiger charge is 2.09. The maximum absolute atomic E-state index is 11.7. The quantitative estimate of drug-likeness (QED) is 0.747. The van der Waals surface area contributed by atoms with E-state index in [9.17, 15) is 8.42 Å². The number of rotatable bonds is 7. The lowest BCUT2D eigenvalue weighted by atomic mass is 10.0. The molecular formula is C13H22N2O2S. The van der Waals surface area contributed by atoms with Gasteiger partial charge in [0, 0.05) is 5.69 Å². The summed E-state index contributed by atoms with van der Waals surface area (Å²) in [5.41, 5.74) is 7.15. The van der Waals surface area contributed by atoms with Crippen molar-refractivity contribution in [3.05, 3.63) is 29.8 Å². The maximum atomic E-state index is 11.7. The van der Waals surface area contributed by atoms with Crippen LogP contribution in [0.3, 0.4) is 0 Å². The topological polar surface area (TPSA) is 72.2 Å². The van der Waals surface area contributed by atoms with Crippen molar-refractivity contribution in [1.82, 2.24) is 0 Å². The number of hydrogen-bond acceptors (Lipinski definition) is 3. The van der Waals surface area contributed by atoms with Crippen LogP contribution in [0.25, 0.3) is 0 Å². The summed E-state index contributed by atoms with van der Waals surface area (Å²) in [5, 5.41) is 0. The summed E-state index contributed by atoms with van der Waals surface area (Å²) in [6, 6.07) is 7.50. The molecule has 0 saturated carbocycles. The Hall–Kier alpha value is -1.07. The number of nitrogens with two attached hydrogens (primary N) is 1. The zero-order valence-corrected chi connectivity index (χ0v) is 11.8. The first-order valence-corrected chi connectivity index (χ1v) is 7.90. The average molecular weight is 270 g/mol. The molecule has 5 heteroatoms. The Morgan fingerprint density at radius 3 is 2.28 bits per heavy atom. The molecule has 0 bridgehead atoms. The molecule has 1 rings (SSSR count). The summed E-state index contributed by atoms with van der Waals surface area (Å²) in [4.78, 5) is 0. The van der Waals surface area contributed by atoms with E-state index in [0.29, 0.717) is 24.6 Å². The second-order valence-electron chi connectivity index (χ2n) is 4.69. The van der Waals surface area contributed by atoms with Crippen LogP contribution in [0.2, 0.25) is 0 Å². The van der Waals surface area contributed by atoms with E-state index in [2.05, 4.69) is 18.6 Å². The second kappa shape index (κ2) is 6.75. The number of benzene rings is 1. The molecule has 4 nitrogen and oxygen atoms in total. The maximum Gasteiger partial charge on any atom is 0.232 e. The first-order valence-electron chi connectivity index (χ1n) is 6.25. The smallest absolute Gasteiger partial charge is 0.232 e. The van der Waals surface area contributed by atoms with Crippen LogP contribution in [-0.4, -0.2) is 20.7 Å². The lowest BCUT2D eigenvalue weighted by Gasteiger charge is -2.09. The van der Waals surface area contributed by atoms with Crippen molar-refractivity contribution in [3.8, 4) is 0 Å². The van der Waals surface area contributed by atoms with Gasteiger partial charge < -0.3 is 5.73 Å². The molecule has 1 aromatic rings. The first kappa shape index (κ1) is 15.0. The molecule has 0 aliphatic heterocycles. The van der Waals surface area contributed by atoms with E-state index in [-0.39, 0.29) is 5.75 Å². The van der Waals surface area contributed by atoms with E-state index in [1.54, 1.807) is 12.1 Å². The van der Waals surface area contributed by atoms with Gasteiger partial charge in [0.05, 0.1) is 5.75 Å². The fraction of sp³-hybridized carbons (Fsp3) is 0.538. The van der Waals surface area contributed by atoms with Crippen LogP contribution in [-0.2, 0) is 10.0 Å². The standard InChI is InChI=1S/C13H22N2O2S/c1-11(2)12-5-7-13(8-6-12)15-18(16,17)10-4-3-9-14/h5-8,11,15H,3-4,9-10,14H2,1-2H3. The van der Waals surface area contributed by atoms with Gasteiger partial charge in [0.1, 0.15) is 0 Å². The molecular weight excluding hydrogens is 248 g/mol. The van der Waals surface area contributed by atoms with Crippen molar-refractivity contribution >= 4 is 15.7 Å². The summed E-state index contributed by atoms with van der Waals surface area (Å²) in [6.07, 6.45) is 1.32. The van der Waals surface area contributed by atoms with E-state index in [4.69, 9.17) is 5.73 Å². The van der Waals surface area contributed by atoms with Crippen LogP contribution >= 0.6 is 0 Å². The monoisotopic (exact) mass is 270 g/mol. The van der Waals surface area contributed by atoms with Gasteiger partial charge in [-0.05, 0) is 43.0 Å². The molecule has 0 atom stereocenters. The summed E-state index contributed by atoms with van der Waals surface area (Å²) in [6.45, 7) is 4.73. The van der Waals surface area contributed by atoms with Gasteiger partial charge in [-0.1, -0.05) is 26.0 Å². The van der Waals surface area contributed by atoms with Gasteiger partial charge in [-0.2, -0.15) is 0 Å². The van der Waals surface area contributed by atoms with Crippen molar-refractivity contribution in [2.45, 2.75) is 32.6 Å². The van der Waals surface area contributed by atoms with Gasteiger partial charge in [0.15, 0.2) is 0 Å². The molecule has 0 amide bonds. The zero-order chi connectivity index (χ0) is 13.6. The van der Waals surface area contributed by atoms with Gasteiger partial charge in [0.2, 0.25) is 10.0 Å². The van der Waals surface area contributed by atoms with E-state index in [1.807, 2.05) is 12.1 Å². The number of nitrogens with one attached hydrogen (secondary N) is 1. The van der Waals surface area contributed by atoms with E-state index in [0.717, 1.165) is 6.42 Å². The Balaban J connectivity index is 2.61. The highest BCUT2D eigenvalue weighted by atomic mass is 32.2. The average Bonchev–Trinajstić information content (AvgIpc) is 2.29. The molecule has 3 N–H and O–H groups in total. The van der Waals surface area contributed by atoms with Crippen molar-refractivity contribution in [3.63, 3.8) is 0 Å². The predicted molar refractivity (Wildman–Crippen MR) is 76.2 cm³/mol. The summed E-state index contributed by atoms with van der Waals surface area (Å²) >= 11 is 0. The zero-order valence-electron chi connectivity index (χ0n) is 11.0. The third kappa shape index (κ3) is 5.06. The largest absolute Gasteiger partial charge is 0.330 e. The van der Waals surface area contributed by atoms with Crippen LogP contribution in [0.15, 0.2) is 24.3 Å². The van der Waals surface area contributed by atoms with Crippen molar-refractivity contribution in [2.24, 2.45) is 5.73 Å². The second-order valence-corrected chi connectivity index (χ2v) is 6.54. The minimum Gasteiger partial charge on any atom is -0.330 e. The summed E-state index contributed by atoms with van der Waals surface area (Å²) < 4.78 is 26.1. The van der Waals surface area contributed by atoms with E-state index >= 15 is 0 Å². The molecule has 0 radical (unpaired) electrons. The third-order valence-corrected chi connectivity index (χ3v) is 4.09. The molecule has 1 aromatic carbocycles. The molecule has 0 spiro atoms. The molecule has 0 aliphatic carbocycles. The molecule has 18 heavy (non-hydrogen) atoms. The SMILES string of the molecule is CC(C)c1ccc(NS(=O)(=O)CCCCN)cc1. The van der Waals surface area contributed by atoms with Gasteiger partial charge in [-0.15, -0.1) is 0 Å². The van der Waals surface area contributed by atoms with Crippen LogP contribution in [0.4, 0.5) is 5.69 Å². The molecule has 0 saturated heterocycles. The van der Waals surface area contributed by atoms with E-state index < -0.39 is 10.0 Å². The van der Waals surface area contributed by atoms with Gasteiger partial charge in [0.25, 0.3) is 0 Å². The minimum absolute atomic E-state index is 0.121. The Bertz CT molecular complexity index is 452. The Labute approximate surface area is 110 Å². The lowest BCUT2D eigenvalue weighted by molar-refractivity contribution is 0.597. The van der Waals surface area contributed by atoms with Crippen LogP contribution < -0.4 is 10.5 Å². The Morgan fingerprint density at radius 1 is 1.17 bits per heavy atom. The minimum atomic E-state index is -3.25. The number of unbranched alkanes of at least 4 members (excludes halogenated alkanes) is 1. The summed E-state index contributed by atoms with van der Waals surface area (Å²) in [5.74, 6) is 0.566. The van der Waals surface area contributed by atoms with Gasteiger partial charge in [-0.3, -0.25) is 4.72 Å². The molecule has 0 aromatic heterocycles. The number of sulfonamides is 1. The molecule has 0 unspecified atom stereocenters. The fourth-order valence-corrected chi connectivity index (χ4v) is 2.78. The normalized spacial score (nSPS) is 11.8. The van der Waals surface area contributed by atoms with Gasteiger partial charge >= 0.3 is 0 Å². The molecule has 0 aliphatic rings. The number of hydrogen-bond donors (Lipinski definition) is 2. The van der Waals surface area contributed by atoms with Crippen LogP contribution in [0, 0.1) is 0 Å². The lowest BCUT2D eigenvalue weighted by Crippen LogP contribution is -2.17. The highest BCUT2D eigenvalue weighted by Crippen LogP contribution is 2.18. The van der Waals surface area contributed by atoms with E-state index in [1.165, 1.54) is 5.56 Å². The van der Waals surface area contributed by atoms with Gasteiger partial charge in [-0.25, -0.2) is 8.42 Å². The van der Waals surface area contributed by atoms with Crippen molar-refractivity contribution < 1.29 is 8.42 Å². The first-order chi connectivity index (χ1) is 8.44. The van der Waals surface area contributed by atoms with Crippen LogP contribution in [0.1, 0.15) is 38.2 Å². The fourth-order valence-electron chi connectivity index (χ4n) is 1.60. The number of anilines is 1. The van der Waals surface area contributed by atoms with Crippen molar-refractivity contribution in [2.75, 3.05) is 17.0 Å². The Kier molecular flexibility index (Phi) is 5.62. The summed E-state index contributed by atoms with van der Waals surface area (Å²) in [7, 11) is -3.25. The molecule has 102 valence electrons. The predicted octanol–water partition coefficient (Wildman–Crippen LogP) is 2.29. The molecule has 0 heterocycles. The van der Waals surface area contributed by atoms with Crippen LogP contribution in [0.5, 0.6) is 0 Å².